The van der Waals surface area contributed by atoms with E-state index >= 15 is 0 Å². The second-order valence-electron chi connectivity index (χ2n) is 6.50. The minimum Gasteiger partial charge on any atom is -0.351 e. The van der Waals surface area contributed by atoms with Crippen LogP contribution in [0.25, 0.3) is 0 Å². The highest BCUT2D eigenvalue weighted by molar-refractivity contribution is 5.50. The van der Waals surface area contributed by atoms with Crippen molar-refractivity contribution in [2.24, 2.45) is 0 Å². The number of hydrogen-bond acceptors (Lipinski definition) is 3. The number of rotatable bonds is 4. The number of pyridine rings is 1. The summed E-state index contributed by atoms with van der Waals surface area (Å²) in [6.45, 7) is 10.2. The molecule has 0 bridgehead atoms. The van der Waals surface area contributed by atoms with E-state index in [4.69, 9.17) is 4.98 Å². The third-order valence-electron chi connectivity index (χ3n) is 4.30. The van der Waals surface area contributed by atoms with Gasteiger partial charge in [-0.05, 0) is 60.2 Å². The molecule has 1 aromatic rings. The van der Waals surface area contributed by atoms with E-state index in [1.165, 1.54) is 37.2 Å². The molecule has 3 nitrogen and oxygen atoms in total. The molecule has 0 aliphatic carbocycles. The molecule has 2 rings (SSSR count). The van der Waals surface area contributed by atoms with Crippen molar-refractivity contribution in [1.29, 1.82) is 0 Å². The van der Waals surface area contributed by atoms with Gasteiger partial charge >= 0.3 is 0 Å². The second-order valence-corrected chi connectivity index (χ2v) is 6.50. The number of aromatic nitrogens is 1. The number of anilines is 1. The maximum Gasteiger partial charge on any atom is 0.133 e. The van der Waals surface area contributed by atoms with Crippen LogP contribution >= 0.6 is 0 Å². The highest BCUT2D eigenvalue weighted by Gasteiger charge is 2.27. The zero-order valence-electron chi connectivity index (χ0n) is 13.6. The summed E-state index contributed by atoms with van der Waals surface area (Å²) in [4.78, 5) is 9.66. The van der Waals surface area contributed by atoms with E-state index < -0.39 is 0 Å². The van der Waals surface area contributed by atoms with E-state index in [9.17, 15) is 0 Å². The largest absolute Gasteiger partial charge is 0.351 e. The Morgan fingerprint density at radius 2 is 1.90 bits per heavy atom. The second kappa shape index (κ2) is 6.57. The SMILES string of the molecule is CC(C)N(c1ncccc1C1CCCCN1C)C(C)C. The molecule has 1 atom stereocenters. The maximum absolute atomic E-state index is 4.73. The van der Waals surface area contributed by atoms with Crippen LogP contribution in [0.4, 0.5) is 5.82 Å². The zero-order valence-corrected chi connectivity index (χ0v) is 13.6. The van der Waals surface area contributed by atoms with Gasteiger partial charge in [-0.15, -0.1) is 0 Å². The van der Waals surface area contributed by atoms with Crippen LogP contribution in [0.1, 0.15) is 58.6 Å². The molecule has 1 saturated heterocycles. The first kappa shape index (κ1) is 15.3. The Balaban J connectivity index is 2.38. The standard InChI is InChI=1S/C17H29N3/c1-13(2)20(14(3)4)17-15(9-8-11-18-17)16-10-6-7-12-19(16)5/h8-9,11,13-14,16H,6-7,10,12H2,1-5H3. The predicted molar refractivity (Wildman–Crippen MR) is 86.2 cm³/mol. The van der Waals surface area contributed by atoms with Gasteiger partial charge in [0.1, 0.15) is 5.82 Å². The number of hydrogen-bond donors (Lipinski definition) is 0. The normalized spacial score (nSPS) is 20.6. The monoisotopic (exact) mass is 275 g/mol. The van der Waals surface area contributed by atoms with E-state index in [1.54, 1.807) is 0 Å². The Kier molecular flexibility index (Phi) is 5.03. The third kappa shape index (κ3) is 3.14. The van der Waals surface area contributed by atoms with Gasteiger partial charge in [-0.25, -0.2) is 4.98 Å². The highest BCUT2D eigenvalue weighted by atomic mass is 15.2. The zero-order chi connectivity index (χ0) is 14.7. The van der Waals surface area contributed by atoms with Crippen molar-refractivity contribution in [2.75, 3.05) is 18.5 Å². The van der Waals surface area contributed by atoms with Crippen LogP contribution in [0.5, 0.6) is 0 Å². The first-order valence-electron chi connectivity index (χ1n) is 7.96. The lowest BCUT2D eigenvalue weighted by Crippen LogP contribution is -2.39. The fourth-order valence-corrected chi connectivity index (χ4v) is 3.44. The minimum atomic E-state index is 0.470. The lowest BCUT2D eigenvalue weighted by atomic mass is 9.95. The van der Waals surface area contributed by atoms with Crippen molar-refractivity contribution in [1.82, 2.24) is 9.88 Å². The van der Waals surface area contributed by atoms with Gasteiger partial charge in [0.05, 0.1) is 0 Å². The van der Waals surface area contributed by atoms with Gasteiger partial charge in [0.15, 0.2) is 0 Å². The van der Waals surface area contributed by atoms with Crippen molar-refractivity contribution < 1.29 is 0 Å². The first-order chi connectivity index (χ1) is 9.52. The third-order valence-corrected chi connectivity index (χ3v) is 4.30. The van der Waals surface area contributed by atoms with E-state index in [2.05, 4.69) is 56.7 Å². The van der Waals surface area contributed by atoms with Crippen LogP contribution in [-0.2, 0) is 0 Å². The fourth-order valence-electron chi connectivity index (χ4n) is 3.44. The average molecular weight is 275 g/mol. The Bertz CT molecular complexity index is 420. The molecule has 1 aliphatic heterocycles. The van der Waals surface area contributed by atoms with Crippen LogP contribution < -0.4 is 4.90 Å². The summed E-state index contributed by atoms with van der Waals surface area (Å²) in [6, 6.07) is 5.81. The summed E-state index contributed by atoms with van der Waals surface area (Å²) in [6.07, 6.45) is 5.83. The van der Waals surface area contributed by atoms with Crippen molar-refractivity contribution in [3.63, 3.8) is 0 Å². The van der Waals surface area contributed by atoms with E-state index in [0.29, 0.717) is 18.1 Å². The molecule has 0 aromatic carbocycles. The molecule has 112 valence electrons. The van der Waals surface area contributed by atoms with Crippen molar-refractivity contribution >= 4 is 5.82 Å². The minimum absolute atomic E-state index is 0.470. The first-order valence-corrected chi connectivity index (χ1v) is 7.96. The number of nitrogens with zero attached hydrogens (tertiary/aromatic N) is 3. The quantitative estimate of drug-likeness (QED) is 0.831. The number of piperidine rings is 1. The van der Waals surface area contributed by atoms with Gasteiger partial charge in [0.25, 0.3) is 0 Å². The highest BCUT2D eigenvalue weighted by Crippen LogP contribution is 2.35. The Morgan fingerprint density at radius 1 is 1.20 bits per heavy atom. The Hall–Kier alpha value is -1.09. The molecule has 0 N–H and O–H groups in total. The van der Waals surface area contributed by atoms with Crippen LogP contribution in [0.3, 0.4) is 0 Å². The van der Waals surface area contributed by atoms with E-state index in [-0.39, 0.29) is 0 Å². The molecule has 0 spiro atoms. The number of likely N-dealkylation sites (tertiary alicyclic amines) is 1. The Morgan fingerprint density at radius 3 is 2.50 bits per heavy atom. The van der Waals surface area contributed by atoms with Gasteiger partial charge in [0.2, 0.25) is 0 Å². The molecule has 1 aromatic heterocycles. The molecule has 1 unspecified atom stereocenters. The average Bonchev–Trinajstić information content (AvgIpc) is 2.39. The van der Waals surface area contributed by atoms with Gasteiger partial charge in [-0.1, -0.05) is 12.5 Å². The molecule has 0 amide bonds. The topological polar surface area (TPSA) is 19.4 Å². The summed E-state index contributed by atoms with van der Waals surface area (Å²) in [5.41, 5.74) is 1.40. The molecule has 20 heavy (non-hydrogen) atoms. The summed E-state index contributed by atoms with van der Waals surface area (Å²) in [5.74, 6) is 1.18. The molecule has 0 radical (unpaired) electrons. The van der Waals surface area contributed by atoms with Gasteiger partial charge < -0.3 is 4.90 Å². The van der Waals surface area contributed by atoms with E-state index in [1.807, 2.05) is 6.20 Å². The van der Waals surface area contributed by atoms with Crippen molar-refractivity contribution in [3.05, 3.63) is 23.9 Å². The molecule has 2 heterocycles. The van der Waals surface area contributed by atoms with Gasteiger partial charge in [-0.3, -0.25) is 4.90 Å². The Labute approximate surface area is 124 Å². The van der Waals surface area contributed by atoms with E-state index in [0.717, 1.165) is 0 Å². The lowest BCUT2D eigenvalue weighted by molar-refractivity contribution is 0.187. The smallest absolute Gasteiger partial charge is 0.133 e. The van der Waals surface area contributed by atoms with Crippen molar-refractivity contribution in [3.8, 4) is 0 Å². The molecule has 1 aliphatic rings. The molecular formula is C17H29N3. The summed E-state index contributed by atoms with van der Waals surface area (Å²) >= 11 is 0. The molecule has 1 fully saturated rings. The van der Waals surface area contributed by atoms with Crippen molar-refractivity contribution in [2.45, 2.75) is 65.1 Å². The summed E-state index contributed by atoms with van der Waals surface area (Å²) in [5, 5.41) is 0. The fraction of sp³-hybridized carbons (Fsp3) is 0.706. The van der Waals surface area contributed by atoms with Crippen LogP contribution in [-0.4, -0.2) is 35.6 Å². The lowest BCUT2D eigenvalue weighted by Gasteiger charge is -2.38. The summed E-state index contributed by atoms with van der Waals surface area (Å²) < 4.78 is 0. The van der Waals surface area contributed by atoms with Gasteiger partial charge in [-0.2, -0.15) is 0 Å². The van der Waals surface area contributed by atoms with Gasteiger partial charge in [0, 0.05) is 29.9 Å². The molecule has 0 saturated carbocycles. The molecule has 3 heteroatoms. The van der Waals surface area contributed by atoms with Crippen LogP contribution in [0.15, 0.2) is 18.3 Å². The van der Waals surface area contributed by atoms with Crippen LogP contribution in [0.2, 0.25) is 0 Å². The maximum atomic E-state index is 4.73. The molecular weight excluding hydrogens is 246 g/mol. The summed E-state index contributed by atoms with van der Waals surface area (Å²) in [7, 11) is 2.25. The predicted octanol–water partition coefficient (Wildman–Crippen LogP) is 3.86. The van der Waals surface area contributed by atoms with Crippen LogP contribution in [0, 0.1) is 0 Å².